The Bertz CT molecular complexity index is 450. The number of H-pyrrole nitrogens is 1. The van der Waals surface area contributed by atoms with Crippen molar-refractivity contribution in [3.63, 3.8) is 0 Å². The first-order chi connectivity index (χ1) is 9.72. The molecule has 0 aromatic carbocycles. The summed E-state index contributed by atoms with van der Waals surface area (Å²) in [6.07, 6.45) is 6.30. The Kier molecular flexibility index (Phi) is 3.95. The molecule has 2 heterocycles. The Labute approximate surface area is 117 Å². The van der Waals surface area contributed by atoms with E-state index in [1.54, 1.807) is 0 Å². The van der Waals surface area contributed by atoms with Gasteiger partial charge in [0.05, 0.1) is 0 Å². The van der Waals surface area contributed by atoms with Crippen molar-refractivity contribution in [2.75, 3.05) is 6.54 Å². The molecule has 7 nitrogen and oxygen atoms in total. The molecule has 2 fully saturated rings. The van der Waals surface area contributed by atoms with Crippen LogP contribution in [-0.2, 0) is 11.2 Å². The van der Waals surface area contributed by atoms with E-state index >= 15 is 0 Å². The normalized spacial score (nSPS) is 33.6. The highest BCUT2D eigenvalue weighted by molar-refractivity contribution is 5.73. The quantitative estimate of drug-likeness (QED) is 0.746. The molecule has 7 heteroatoms. The number of rotatable bonds is 4. The molecule has 4 atom stereocenters. The van der Waals surface area contributed by atoms with Gasteiger partial charge in [-0.2, -0.15) is 5.21 Å². The number of carboxylic acid groups (broad SMARTS) is 1. The summed E-state index contributed by atoms with van der Waals surface area (Å²) in [5.74, 6) is 1.95. The summed E-state index contributed by atoms with van der Waals surface area (Å²) in [5.41, 5.74) is 0. The Morgan fingerprint density at radius 1 is 1.30 bits per heavy atom. The number of hydrogen-bond acceptors (Lipinski definition) is 5. The third-order valence-electron chi connectivity index (χ3n) is 4.88. The summed E-state index contributed by atoms with van der Waals surface area (Å²) >= 11 is 0. The molecule has 1 saturated heterocycles. The van der Waals surface area contributed by atoms with Crippen LogP contribution in [0.25, 0.3) is 0 Å². The van der Waals surface area contributed by atoms with Gasteiger partial charge in [0, 0.05) is 6.42 Å². The summed E-state index contributed by atoms with van der Waals surface area (Å²) in [6.45, 7) is 0.860. The standard InChI is InChI=1S/C13H21N5O2/c19-13(20)11-6-10-5-8(1-3-9(10)7-14-11)2-4-12-15-17-18-16-12/h8-11,14H,1-7H2,(H,19,20)(H,15,16,17,18)/t8-,9-,10+,11+/m0/s1. The van der Waals surface area contributed by atoms with Crippen LogP contribution in [0.2, 0.25) is 0 Å². The fourth-order valence-corrected chi connectivity index (χ4v) is 3.73. The van der Waals surface area contributed by atoms with Crippen LogP contribution in [0.15, 0.2) is 0 Å². The van der Waals surface area contributed by atoms with E-state index in [2.05, 4.69) is 25.9 Å². The van der Waals surface area contributed by atoms with Crippen molar-refractivity contribution in [2.45, 2.75) is 44.6 Å². The molecule has 2 aliphatic rings. The molecule has 3 N–H and O–H groups in total. The van der Waals surface area contributed by atoms with E-state index in [1.807, 2.05) is 0 Å². The molecule has 0 spiro atoms. The van der Waals surface area contributed by atoms with Gasteiger partial charge in [0.25, 0.3) is 0 Å². The number of aliphatic carboxylic acids is 1. The maximum atomic E-state index is 11.1. The van der Waals surface area contributed by atoms with Crippen molar-refractivity contribution in [2.24, 2.45) is 17.8 Å². The monoisotopic (exact) mass is 279 g/mol. The van der Waals surface area contributed by atoms with E-state index in [1.165, 1.54) is 12.8 Å². The number of carboxylic acids is 1. The van der Waals surface area contributed by atoms with Gasteiger partial charge in [-0.1, -0.05) is 11.6 Å². The number of nitrogens with zero attached hydrogens (tertiary/aromatic N) is 3. The molecular formula is C13H21N5O2. The molecule has 0 bridgehead atoms. The highest BCUT2D eigenvalue weighted by Gasteiger charge is 2.37. The lowest BCUT2D eigenvalue weighted by Gasteiger charge is -2.41. The van der Waals surface area contributed by atoms with E-state index < -0.39 is 5.97 Å². The number of aryl methyl sites for hydroxylation is 1. The van der Waals surface area contributed by atoms with Crippen LogP contribution in [0.4, 0.5) is 0 Å². The lowest BCUT2D eigenvalue weighted by molar-refractivity contribution is -0.141. The fourth-order valence-electron chi connectivity index (χ4n) is 3.73. The van der Waals surface area contributed by atoms with Crippen molar-refractivity contribution in [3.05, 3.63) is 5.82 Å². The zero-order valence-corrected chi connectivity index (χ0v) is 11.5. The molecule has 1 aliphatic heterocycles. The van der Waals surface area contributed by atoms with Crippen molar-refractivity contribution in [3.8, 4) is 0 Å². The minimum absolute atomic E-state index is 0.354. The van der Waals surface area contributed by atoms with Crippen LogP contribution >= 0.6 is 0 Å². The first kappa shape index (κ1) is 13.5. The summed E-state index contributed by atoms with van der Waals surface area (Å²) in [4.78, 5) is 11.1. The van der Waals surface area contributed by atoms with E-state index in [0.29, 0.717) is 17.8 Å². The average molecular weight is 279 g/mol. The number of hydrogen-bond donors (Lipinski definition) is 3. The zero-order chi connectivity index (χ0) is 13.9. The van der Waals surface area contributed by atoms with Gasteiger partial charge in [-0.15, -0.1) is 10.2 Å². The molecule has 110 valence electrons. The van der Waals surface area contributed by atoms with Gasteiger partial charge in [0.2, 0.25) is 0 Å². The second-order valence-electron chi connectivity index (χ2n) is 6.10. The molecule has 0 unspecified atom stereocenters. The second kappa shape index (κ2) is 5.87. The Morgan fingerprint density at radius 2 is 2.20 bits per heavy atom. The average Bonchev–Trinajstić information content (AvgIpc) is 2.97. The minimum atomic E-state index is -0.711. The van der Waals surface area contributed by atoms with Crippen molar-refractivity contribution >= 4 is 5.97 Å². The molecule has 3 rings (SSSR count). The Hall–Kier alpha value is -1.50. The number of aromatic amines is 1. The predicted molar refractivity (Wildman–Crippen MR) is 70.9 cm³/mol. The first-order valence-electron chi connectivity index (χ1n) is 7.41. The van der Waals surface area contributed by atoms with Crippen molar-refractivity contribution in [1.82, 2.24) is 25.9 Å². The smallest absolute Gasteiger partial charge is 0.320 e. The van der Waals surface area contributed by atoms with Gasteiger partial charge in [0.1, 0.15) is 6.04 Å². The number of carbonyl (C=O) groups is 1. The Balaban J connectivity index is 1.52. The molecule has 1 aromatic rings. The number of tetrazole rings is 1. The summed E-state index contributed by atoms with van der Waals surface area (Å²) in [6, 6.07) is -0.354. The largest absolute Gasteiger partial charge is 0.480 e. The lowest BCUT2D eigenvalue weighted by atomic mass is 9.69. The van der Waals surface area contributed by atoms with Crippen LogP contribution in [0.3, 0.4) is 0 Å². The molecular weight excluding hydrogens is 258 g/mol. The number of nitrogens with one attached hydrogen (secondary N) is 2. The van der Waals surface area contributed by atoms with E-state index in [0.717, 1.165) is 38.1 Å². The van der Waals surface area contributed by atoms with Crippen LogP contribution in [0.1, 0.15) is 37.9 Å². The number of piperidine rings is 1. The van der Waals surface area contributed by atoms with E-state index in [4.69, 9.17) is 5.11 Å². The van der Waals surface area contributed by atoms with Gasteiger partial charge >= 0.3 is 5.97 Å². The predicted octanol–water partition coefficient (Wildman–Crippen LogP) is 0.611. The molecule has 0 radical (unpaired) electrons. The molecule has 20 heavy (non-hydrogen) atoms. The summed E-state index contributed by atoms with van der Waals surface area (Å²) in [7, 11) is 0. The highest BCUT2D eigenvalue weighted by Crippen LogP contribution is 2.40. The third kappa shape index (κ3) is 2.98. The molecule has 0 amide bonds. The third-order valence-corrected chi connectivity index (χ3v) is 4.88. The van der Waals surface area contributed by atoms with Crippen LogP contribution in [-0.4, -0.2) is 44.3 Å². The first-order valence-corrected chi connectivity index (χ1v) is 7.41. The number of aromatic nitrogens is 4. The highest BCUT2D eigenvalue weighted by atomic mass is 16.4. The zero-order valence-electron chi connectivity index (χ0n) is 11.5. The van der Waals surface area contributed by atoms with Crippen LogP contribution < -0.4 is 5.32 Å². The van der Waals surface area contributed by atoms with Crippen molar-refractivity contribution < 1.29 is 9.90 Å². The topological polar surface area (TPSA) is 104 Å². The lowest BCUT2D eigenvalue weighted by Crippen LogP contribution is -2.49. The molecule has 1 aliphatic carbocycles. The van der Waals surface area contributed by atoms with E-state index in [9.17, 15) is 4.79 Å². The fraction of sp³-hybridized carbons (Fsp3) is 0.846. The van der Waals surface area contributed by atoms with E-state index in [-0.39, 0.29) is 6.04 Å². The molecule has 1 aromatic heterocycles. The minimum Gasteiger partial charge on any atom is -0.480 e. The van der Waals surface area contributed by atoms with Gasteiger partial charge in [-0.25, -0.2) is 0 Å². The maximum Gasteiger partial charge on any atom is 0.320 e. The van der Waals surface area contributed by atoms with Gasteiger partial charge in [0.15, 0.2) is 5.82 Å². The maximum absolute atomic E-state index is 11.1. The van der Waals surface area contributed by atoms with Gasteiger partial charge in [-0.3, -0.25) is 4.79 Å². The van der Waals surface area contributed by atoms with Gasteiger partial charge < -0.3 is 10.4 Å². The summed E-state index contributed by atoms with van der Waals surface area (Å²) in [5, 5.41) is 26.3. The molecule has 1 saturated carbocycles. The van der Waals surface area contributed by atoms with Crippen LogP contribution in [0.5, 0.6) is 0 Å². The van der Waals surface area contributed by atoms with Crippen molar-refractivity contribution in [1.29, 1.82) is 0 Å². The SMILES string of the molecule is O=C(O)[C@H]1C[C@H]2C[C@H](CCc3nn[nH]n3)CC[C@H]2CN1. The van der Waals surface area contributed by atoms with Crippen LogP contribution in [0, 0.1) is 17.8 Å². The van der Waals surface area contributed by atoms with Gasteiger partial charge in [-0.05, 0) is 50.0 Å². The Morgan fingerprint density at radius 3 is 2.95 bits per heavy atom. The number of fused-ring (bicyclic) bond motifs is 1. The second-order valence-corrected chi connectivity index (χ2v) is 6.10. The summed E-state index contributed by atoms with van der Waals surface area (Å²) < 4.78 is 0.